The van der Waals surface area contributed by atoms with E-state index in [2.05, 4.69) is 0 Å². The molecular formula is C11H16N2O2. The van der Waals surface area contributed by atoms with Gasteiger partial charge < -0.3 is 15.7 Å². The third-order valence-corrected chi connectivity index (χ3v) is 2.17. The number of aliphatic hydroxyl groups is 1. The maximum atomic E-state index is 11.9. The van der Waals surface area contributed by atoms with Gasteiger partial charge in [-0.2, -0.15) is 0 Å². The van der Waals surface area contributed by atoms with Gasteiger partial charge in [0.1, 0.15) is 0 Å². The Morgan fingerprint density at radius 2 is 2.27 bits per heavy atom. The average molecular weight is 208 g/mol. The van der Waals surface area contributed by atoms with Crippen molar-refractivity contribution in [3.05, 3.63) is 29.8 Å². The van der Waals surface area contributed by atoms with Crippen LogP contribution in [0.1, 0.15) is 17.3 Å². The van der Waals surface area contributed by atoms with Crippen LogP contribution < -0.4 is 5.73 Å². The molecule has 0 aliphatic rings. The van der Waals surface area contributed by atoms with Gasteiger partial charge in [-0.1, -0.05) is 6.07 Å². The number of carbonyl (C=O) groups excluding carboxylic acids is 1. The fourth-order valence-corrected chi connectivity index (χ4v) is 1.38. The maximum absolute atomic E-state index is 11.9. The summed E-state index contributed by atoms with van der Waals surface area (Å²) >= 11 is 0. The maximum Gasteiger partial charge on any atom is 0.253 e. The fourth-order valence-electron chi connectivity index (χ4n) is 1.38. The fraction of sp³-hybridized carbons (Fsp3) is 0.364. The Labute approximate surface area is 89.3 Å². The standard InChI is InChI=1S/C11H16N2O2/c1-2-13(6-7-14)11(15)9-4-3-5-10(12)8-9/h3-5,8,14H,2,6-7,12H2,1H3. The molecule has 0 atom stereocenters. The van der Waals surface area contributed by atoms with E-state index in [-0.39, 0.29) is 12.5 Å². The smallest absolute Gasteiger partial charge is 0.253 e. The molecule has 0 spiro atoms. The zero-order valence-corrected chi connectivity index (χ0v) is 8.81. The second kappa shape index (κ2) is 5.36. The molecule has 3 N–H and O–H groups in total. The van der Waals surface area contributed by atoms with E-state index in [0.29, 0.717) is 24.3 Å². The van der Waals surface area contributed by atoms with Crippen molar-refractivity contribution in [2.75, 3.05) is 25.4 Å². The van der Waals surface area contributed by atoms with Crippen molar-refractivity contribution in [3.8, 4) is 0 Å². The molecule has 0 aliphatic heterocycles. The zero-order valence-electron chi connectivity index (χ0n) is 8.81. The second-order valence-electron chi connectivity index (χ2n) is 3.23. The van der Waals surface area contributed by atoms with Crippen LogP contribution in [0.3, 0.4) is 0 Å². The second-order valence-corrected chi connectivity index (χ2v) is 3.23. The first-order valence-electron chi connectivity index (χ1n) is 4.94. The van der Waals surface area contributed by atoms with Crippen LogP contribution in [0, 0.1) is 0 Å². The molecule has 0 fully saturated rings. The van der Waals surface area contributed by atoms with Crippen LogP contribution in [0.15, 0.2) is 24.3 Å². The predicted octanol–water partition coefficient (Wildman–Crippen LogP) is 0.723. The normalized spacial score (nSPS) is 10.0. The number of carbonyl (C=O) groups is 1. The van der Waals surface area contributed by atoms with Gasteiger partial charge in [0.25, 0.3) is 5.91 Å². The summed E-state index contributed by atoms with van der Waals surface area (Å²) in [6.07, 6.45) is 0. The van der Waals surface area contributed by atoms with Gasteiger partial charge >= 0.3 is 0 Å². The largest absolute Gasteiger partial charge is 0.399 e. The van der Waals surface area contributed by atoms with Gasteiger partial charge in [0.15, 0.2) is 0 Å². The summed E-state index contributed by atoms with van der Waals surface area (Å²) < 4.78 is 0. The Balaban J connectivity index is 2.82. The Morgan fingerprint density at radius 3 is 2.80 bits per heavy atom. The molecule has 0 aromatic heterocycles. The number of nitrogens with two attached hydrogens (primary N) is 1. The van der Waals surface area contributed by atoms with Gasteiger partial charge in [-0.15, -0.1) is 0 Å². The highest BCUT2D eigenvalue weighted by molar-refractivity contribution is 5.95. The van der Waals surface area contributed by atoms with E-state index in [1.807, 2.05) is 6.92 Å². The Hall–Kier alpha value is -1.55. The van der Waals surface area contributed by atoms with E-state index in [1.54, 1.807) is 29.2 Å². The lowest BCUT2D eigenvalue weighted by Gasteiger charge is -2.19. The topological polar surface area (TPSA) is 66.6 Å². The van der Waals surface area contributed by atoms with Crippen molar-refractivity contribution in [1.82, 2.24) is 4.90 Å². The van der Waals surface area contributed by atoms with Gasteiger partial charge in [-0.05, 0) is 25.1 Å². The third-order valence-electron chi connectivity index (χ3n) is 2.17. The molecule has 0 heterocycles. The number of amides is 1. The minimum Gasteiger partial charge on any atom is -0.399 e. The summed E-state index contributed by atoms with van der Waals surface area (Å²) in [4.78, 5) is 13.5. The summed E-state index contributed by atoms with van der Waals surface area (Å²) in [5.41, 5.74) is 6.72. The number of aliphatic hydroxyl groups excluding tert-OH is 1. The number of likely N-dealkylation sites (N-methyl/N-ethyl adjacent to an activating group) is 1. The summed E-state index contributed by atoms with van der Waals surface area (Å²) in [5.74, 6) is -0.0983. The Bertz CT molecular complexity index is 339. The third kappa shape index (κ3) is 2.95. The van der Waals surface area contributed by atoms with Crippen LogP contribution in [-0.2, 0) is 0 Å². The molecule has 1 aromatic rings. The summed E-state index contributed by atoms with van der Waals surface area (Å²) in [5, 5.41) is 8.80. The van der Waals surface area contributed by atoms with Crippen molar-refractivity contribution in [2.24, 2.45) is 0 Å². The minimum absolute atomic E-state index is 0.0259. The molecule has 1 rings (SSSR count). The molecule has 1 aromatic carbocycles. The van der Waals surface area contributed by atoms with E-state index in [1.165, 1.54) is 0 Å². The summed E-state index contributed by atoms with van der Waals surface area (Å²) in [7, 11) is 0. The first-order valence-corrected chi connectivity index (χ1v) is 4.94. The Kier molecular flexibility index (Phi) is 4.12. The molecule has 82 valence electrons. The number of hydrogen-bond acceptors (Lipinski definition) is 3. The molecule has 0 bridgehead atoms. The van der Waals surface area contributed by atoms with Gasteiger partial charge in [0.05, 0.1) is 6.61 Å². The predicted molar refractivity (Wildman–Crippen MR) is 59.5 cm³/mol. The number of hydrogen-bond donors (Lipinski definition) is 2. The number of benzene rings is 1. The van der Waals surface area contributed by atoms with Gasteiger partial charge in [-0.3, -0.25) is 4.79 Å². The van der Waals surface area contributed by atoms with Crippen LogP contribution in [-0.4, -0.2) is 35.6 Å². The number of anilines is 1. The average Bonchev–Trinajstić information content (AvgIpc) is 2.25. The van der Waals surface area contributed by atoms with Crippen molar-refractivity contribution in [1.29, 1.82) is 0 Å². The summed E-state index contributed by atoms with van der Waals surface area (Å²) in [6, 6.07) is 6.84. The molecular weight excluding hydrogens is 192 g/mol. The van der Waals surface area contributed by atoms with Crippen LogP contribution in [0.2, 0.25) is 0 Å². The van der Waals surface area contributed by atoms with Crippen LogP contribution in [0.25, 0.3) is 0 Å². The monoisotopic (exact) mass is 208 g/mol. The van der Waals surface area contributed by atoms with Gasteiger partial charge in [0.2, 0.25) is 0 Å². The highest BCUT2D eigenvalue weighted by Crippen LogP contribution is 2.09. The molecule has 4 nitrogen and oxygen atoms in total. The van der Waals surface area contributed by atoms with E-state index in [4.69, 9.17) is 10.8 Å². The lowest BCUT2D eigenvalue weighted by molar-refractivity contribution is 0.0732. The van der Waals surface area contributed by atoms with Crippen LogP contribution >= 0.6 is 0 Å². The van der Waals surface area contributed by atoms with Crippen molar-refractivity contribution in [3.63, 3.8) is 0 Å². The van der Waals surface area contributed by atoms with Crippen LogP contribution in [0.5, 0.6) is 0 Å². The number of nitrogen functional groups attached to an aromatic ring is 1. The van der Waals surface area contributed by atoms with E-state index in [0.717, 1.165) is 0 Å². The molecule has 4 heteroatoms. The minimum atomic E-state index is -0.0983. The highest BCUT2D eigenvalue weighted by atomic mass is 16.3. The molecule has 15 heavy (non-hydrogen) atoms. The number of rotatable bonds is 4. The van der Waals surface area contributed by atoms with Crippen molar-refractivity contribution >= 4 is 11.6 Å². The molecule has 0 radical (unpaired) electrons. The number of nitrogens with zero attached hydrogens (tertiary/aromatic N) is 1. The first-order chi connectivity index (χ1) is 7.19. The van der Waals surface area contributed by atoms with Crippen molar-refractivity contribution in [2.45, 2.75) is 6.92 Å². The van der Waals surface area contributed by atoms with Crippen LogP contribution in [0.4, 0.5) is 5.69 Å². The summed E-state index contributed by atoms with van der Waals surface area (Å²) in [6.45, 7) is 2.78. The lowest BCUT2D eigenvalue weighted by atomic mass is 10.2. The van der Waals surface area contributed by atoms with E-state index >= 15 is 0 Å². The van der Waals surface area contributed by atoms with Gasteiger partial charge in [-0.25, -0.2) is 0 Å². The molecule has 1 amide bonds. The molecule has 0 unspecified atom stereocenters. The first kappa shape index (κ1) is 11.5. The molecule has 0 saturated heterocycles. The van der Waals surface area contributed by atoms with Gasteiger partial charge in [0, 0.05) is 24.3 Å². The molecule has 0 aliphatic carbocycles. The van der Waals surface area contributed by atoms with Crippen molar-refractivity contribution < 1.29 is 9.90 Å². The van der Waals surface area contributed by atoms with E-state index in [9.17, 15) is 4.79 Å². The Morgan fingerprint density at radius 1 is 1.53 bits per heavy atom. The van der Waals surface area contributed by atoms with E-state index < -0.39 is 0 Å². The zero-order chi connectivity index (χ0) is 11.3. The molecule has 0 saturated carbocycles. The highest BCUT2D eigenvalue weighted by Gasteiger charge is 2.12. The lowest BCUT2D eigenvalue weighted by Crippen LogP contribution is -2.33. The SMILES string of the molecule is CCN(CCO)C(=O)c1cccc(N)c1. The quantitative estimate of drug-likeness (QED) is 0.717.